The molecule has 0 aromatic heterocycles. The molecule has 0 bridgehead atoms. The molecule has 27 heavy (non-hydrogen) atoms. The fourth-order valence-corrected chi connectivity index (χ4v) is 3.95. The standard InChI is InChI=1S/C23H23NO3/c25-21(24-18-10-2-1-3-11-18)15-27-23(26)22-19-12-6-4-8-16(19)14-17-9-5-7-13-20(17)22/h4-9,12-14,18H,1-3,10-11,15H2,(H,24,25). The summed E-state index contributed by atoms with van der Waals surface area (Å²) in [6, 6.07) is 17.8. The highest BCUT2D eigenvalue weighted by molar-refractivity contribution is 6.16. The molecule has 3 aromatic carbocycles. The third-order valence-electron chi connectivity index (χ3n) is 5.28. The van der Waals surface area contributed by atoms with Crippen molar-refractivity contribution in [2.24, 2.45) is 0 Å². The summed E-state index contributed by atoms with van der Waals surface area (Å²) in [6.07, 6.45) is 5.54. The zero-order valence-corrected chi connectivity index (χ0v) is 15.2. The van der Waals surface area contributed by atoms with Crippen LogP contribution in [-0.2, 0) is 9.53 Å². The van der Waals surface area contributed by atoms with Crippen molar-refractivity contribution < 1.29 is 14.3 Å². The van der Waals surface area contributed by atoms with E-state index in [1.165, 1.54) is 6.42 Å². The first kappa shape index (κ1) is 17.5. The molecule has 3 aromatic rings. The molecular formula is C23H23NO3. The average Bonchev–Trinajstić information content (AvgIpc) is 2.71. The summed E-state index contributed by atoms with van der Waals surface area (Å²) in [7, 11) is 0. The second-order valence-corrected chi connectivity index (χ2v) is 7.17. The number of carbonyl (C=O) groups excluding carboxylic acids is 2. The van der Waals surface area contributed by atoms with Crippen molar-refractivity contribution in [3.05, 3.63) is 60.2 Å². The maximum atomic E-state index is 12.9. The van der Waals surface area contributed by atoms with E-state index in [1.807, 2.05) is 48.5 Å². The van der Waals surface area contributed by atoms with E-state index in [-0.39, 0.29) is 18.6 Å². The Morgan fingerprint density at radius 2 is 1.48 bits per heavy atom. The third-order valence-corrected chi connectivity index (χ3v) is 5.28. The van der Waals surface area contributed by atoms with Gasteiger partial charge in [-0.1, -0.05) is 67.8 Å². The van der Waals surface area contributed by atoms with Crippen LogP contribution in [0.25, 0.3) is 21.5 Å². The largest absolute Gasteiger partial charge is 0.452 e. The minimum atomic E-state index is -0.457. The molecule has 4 heteroatoms. The summed E-state index contributed by atoms with van der Waals surface area (Å²) >= 11 is 0. The summed E-state index contributed by atoms with van der Waals surface area (Å²) in [5.74, 6) is -0.679. The van der Waals surface area contributed by atoms with Crippen LogP contribution in [-0.4, -0.2) is 24.5 Å². The topological polar surface area (TPSA) is 55.4 Å². The van der Waals surface area contributed by atoms with Gasteiger partial charge >= 0.3 is 5.97 Å². The Morgan fingerprint density at radius 3 is 2.11 bits per heavy atom. The lowest BCUT2D eigenvalue weighted by Gasteiger charge is -2.22. The van der Waals surface area contributed by atoms with E-state index >= 15 is 0 Å². The summed E-state index contributed by atoms with van der Waals surface area (Å²) in [5, 5.41) is 6.63. The molecule has 0 atom stereocenters. The van der Waals surface area contributed by atoms with E-state index in [0.29, 0.717) is 5.56 Å². The molecule has 0 heterocycles. The quantitative estimate of drug-likeness (QED) is 0.546. The van der Waals surface area contributed by atoms with Crippen LogP contribution in [0.3, 0.4) is 0 Å². The number of fused-ring (bicyclic) bond motifs is 2. The normalized spacial score (nSPS) is 15.0. The first-order chi connectivity index (χ1) is 13.2. The van der Waals surface area contributed by atoms with Gasteiger partial charge in [0.25, 0.3) is 5.91 Å². The Kier molecular flexibility index (Phi) is 5.05. The van der Waals surface area contributed by atoms with Crippen molar-refractivity contribution in [2.75, 3.05) is 6.61 Å². The predicted molar refractivity (Wildman–Crippen MR) is 107 cm³/mol. The van der Waals surface area contributed by atoms with Gasteiger partial charge in [0.05, 0.1) is 5.56 Å². The first-order valence-corrected chi connectivity index (χ1v) is 9.59. The Morgan fingerprint density at radius 1 is 0.889 bits per heavy atom. The molecule has 138 valence electrons. The molecule has 1 amide bonds. The van der Waals surface area contributed by atoms with Crippen LogP contribution in [0.15, 0.2) is 54.6 Å². The molecule has 1 fully saturated rings. The molecule has 0 saturated heterocycles. The van der Waals surface area contributed by atoms with Gasteiger partial charge in [0.15, 0.2) is 6.61 Å². The number of amides is 1. The van der Waals surface area contributed by atoms with Gasteiger partial charge in [-0.15, -0.1) is 0 Å². The Labute approximate surface area is 158 Å². The van der Waals surface area contributed by atoms with E-state index in [2.05, 4.69) is 11.4 Å². The lowest BCUT2D eigenvalue weighted by atomic mass is 9.95. The number of rotatable bonds is 4. The van der Waals surface area contributed by atoms with E-state index in [4.69, 9.17) is 4.74 Å². The van der Waals surface area contributed by atoms with Crippen LogP contribution < -0.4 is 5.32 Å². The summed E-state index contributed by atoms with van der Waals surface area (Å²) in [4.78, 5) is 25.1. The molecule has 0 spiro atoms. The molecule has 1 saturated carbocycles. The van der Waals surface area contributed by atoms with Crippen molar-refractivity contribution in [1.29, 1.82) is 0 Å². The number of esters is 1. The second-order valence-electron chi connectivity index (χ2n) is 7.17. The zero-order chi connectivity index (χ0) is 18.6. The highest BCUT2D eigenvalue weighted by atomic mass is 16.5. The lowest BCUT2D eigenvalue weighted by Crippen LogP contribution is -2.38. The van der Waals surface area contributed by atoms with Gasteiger partial charge in [0.2, 0.25) is 0 Å². The van der Waals surface area contributed by atoms with Gasteiger partial charge in [-0.25, -0.2) is 4.79 Å². The minimum absolute atomic E-state index is 0.211. The van der Waals surface area contributed by atoms with Crippen molar-refractivity contribution in [1.82, 2.24) is 5.32 Å². The Hall–Kier alpha value is -2.88. The van der Waals surface area contributed by atoms with Gasteiger partial charge in [-0.2, -0.15) is 0 Å². The van der Waals surface area contributed by atoms with E-state index < -0.39 is 5.97 Å². The van der Waals surface area contributed by atoms with Crippen LogP contribution in [0, 0.1) is 0 Å². The molecule has 1 N–H and O–H groups in total. The fourth-order valence-electron chi connectivity index (χ4n) is 3.95. The first-order valence-electron chi connectivity index (χ1n) is 9.59. The van der Waals surface area contributed by atoms with Gasteiger partial charge in [0.1, 0.15) is 0 Å². The molecule has 1 aliphatic carbocycles. The van der Waals surface area contributed by atoms with Crippen LogP contribution in [0.4, 0.5) is 0 Å². The predicted octanol–water partition coefficient (Wildman–Crippen LogP) is 4.60. The molecular weight excluding hydrogens is 338 g/mol. The summed E-state index contributed by atoms with van der Waals surface area (Å²) in [6.45, 7) is -0.243. The van der Waals surface area contributed by atoms with E-state index in [1.54, 1.807) is 0 Å². The number of hydrogen-bond acceptors (Lipinski definition) is 3. The van der Waals surface area contributed by atoms with E-state index in [0.717, 1.165) is 47.2 Å². The van der Waals surface area contributed by atoms with Crippen molar-refractivity contribution in [3.63, 3.8) is 0 Å². The van der Waals surface area contributed by atoms with Crippen LogP contribution in [0.5, 0.6) is 0 Å². The highest BCUT2D eigenvalue weighted by Gasteiger charge is 2.19. The van der Waals surface area contributed by atoms with Crippen molar-refractivity contribution in [2.45, 2.75) is 38.1 Å². The smallest absolute Gasteiger partial charge is 0.339 e. The molecule has 0 radical (unpaired) electrons. The Balaban J connectivity index is 1.55. The molecule has 4 rings (SSSR count). The van der Waals surface area contributed by atoms with E-state index in [9.17, 15) is 9.59 Å². The molecule has 0 aliphatic heterocycles. The van der Waals surface area contributed by atoms with Gasteiger partial charge in [-0.05, 0) is 40.5 Å². The summed E-state index contributed by atoms with van der Waals surface area (Å²) < 4.78 is 5.40. The number of hydrogen-bond donors (Lipinski definition) is 1. The Bertz CT molecular complexity index is 935. The third kappa shape index (κ3) is 3.80. The molecule has 1 aliphatic rings. The van der Waals surface area contributed by atoms with Crippen LogP contribution in [0.2, 0.25) is 0 Å². The monoisotopic (exact) mass is 361 g/mol. The lowest BCUT2D eigenvalue weighted by molar-refractivity contribution is -0.125. The summed E-state index contributed by atoms with van der Waals surface area (Å²) in [5.41, 5.74) is 0.522. The second kappa shape index (κ2) is 7.78. The molecule has 0 unspecified atom stereocenters. The number of carbonyl (C=O) groups is 2. The van der Waals surface area contributed by atoms with Crippen molar-refractivity contribution in [3.8, 4) is 0 Å². The van der Waals surface area contributed by atoms with Crippen molar-refractivity contribution >= 4 is 33.4 Å². The number of ether oxygens (including phenoxy) is 1. The zero-order valence-electron chi connectivity index (χ0n) is 15.2. The minimum Gasteiger partial charge on any atom is -0.452 e. The van der Waals surface area contributed by atoms with Gasteiger partial charge in [-0.3, -0.25) is 4.79 Å². The maximum absolute atomic E-state index is 12.9. The highest BCUT2D eigenvalue weighted by Crippen LogP contribution is 2.29. The maximum Gasteiger partial charge on any atom is 0.339 e. The number of benzene rings is 3. The van der Waals surface area contributed by atoms with Crippen LogP contribution >= 0.6 is 0 Å². The average molecular weight is 361 g/mol. The van der Waals surface area contributed by atoms with Gasteiger partial charge in [0, 0.05) is 6.04 Å². The van der Waals surface area contributed by atoms with Crippen LogP contribution in [0.1, 0.15) is 42.5 Å². The van der Waals surface area contributed by atoms with Gasteiger partial charge < -0.3 is 10.1 Å². The molecule has 4 nitrogen and oxygen atoms in total. The SMILES string of the molecule is O=C(COC(=O)c1c2ccccc2cc2ccccc12)NC1CCCCC1. The fraction of sp³-hybridized carbons (Fsp3) is 0.304. The number of nitrogens with one attached hydrogen (secondary N) is 1.